The minimum absolute atomic E-state index is 0.0206. The first-order valence-corrected chi connectivity index (χ1v) is 41.5. The van der Waals surface area contributed by atoms with Crippen molar-refractivity contribution in [2.24, 2.45) is 69.0 Å². The second-order valence-corrected chi connectivity index (χ2v) is 37.3. The van der Waals surface area contributed by atoms with Crippen LogP contribution in [0.3, 0.4) is 0 Å². The fourth-order valence-corrected chi connectivity index (χ4v) is 21.5. The van der Waals surface area contributed by atoms with E-state index in [9.17, 15) is 63.6 Å². The Hall–Kier alpha value is -8.93. The summed E-state index contributed by atoms with van der Waals surface area (Å²) in [6.45, 7) is 22.5. The van der Waals surface area contributed by atoms with E-state index < -0.39 is 195 Å². The molecule has 4 aromatic rings. The highest BCUT2D eigenvalue weighted by molar-refractivity contribution is 6.02. The number of hydrogen-bond acceptors (Lipinski definition) is 19. The molecular formula is C93H114F4N4O19. The van der Waals surface area contributed by atoms with Crippen LogP contribution < -0.4 is 21.7 Å². The molecule has 0 radical (unpaired) electrons. The van der Waals surface area contributed by atoms with Crippen molar-refractivity contribution in [3.05, 3.63) is 178 Å². The van der Waals surface area contributed by atoms with E-state index in [1.165, 1.54) is 45.1 Å². The first-order chi connectivity index (χ1) is 56.2. The molecule has 0 bridgehead atoms. The molecule has 2 unspecified atom stereocenters. The average Bonchev–Trinajstić information content (AvgIpc) is 1.47. The molecule has 3 amide bonds. The van der Waals surface area contributed by atoms with Gasteiger partial charge in [0.1, 0.15) is 49.0 Å². The number of carboxylic acid groups (broad SMARTS) is 1. The monoisotopic (exact) mass is 1670 g/mol. The van der Waals surface area contributed by atoms with E-state index in [4.69, 9.17) is 34.5 Å². The van der Waals surface area contributed by atoms with Crippen molar-refractivity contribution in [3.8, 4) is 0 Å². The molecule has 4 aromatic carbocycles. The number of alkyl carbamates (subject to hydrolysis) is 1. The average molecular weight is 1670 g/mol. The molecule has 2 saturated heterocycles. The molecule has 648 valence electrons. The van der Waals surface area contributed by atoms with Gasteiger partial charge in [-0.15, -0.1) is 0 Å². The van der Waals surface area contributed by atoms with Gasteiger partial charge in [0, 0.05) is 74.3 Å². The van der Waals surface area contributed by atoms with Crippen molar-refractivity contribution in [1.82, 2.24) is 10.6 Å². The van der Waals surface area contributed by atoms with Crippen molar-refractivity contribution in [2.75, 3.05) is 24.3 Å². The van der Waals surface area contributed by atoms with Crippen molar-refractivity contribution < 1.29 is 110 Å². The van der Waals surface area contributed by atoms with Gasteiger partial charge in [0.15, 0.2) is 58.3 Å². The molecule has 27 heteroatoms. The van der Waals surface area contributed by atoms with Gasteiger partial charge in [-0.3, -0.25) is 38.4 Å². The number of aliphatic hydroxyl groups excluding tert-OH is 4. The quantitative estimate of drug-likeness (QED) is 0.0276. The fourth-order valence-electron chi connectivity index (χ4n) is 21.5. The highest BCUT2D eigenvalue weighted by Gasteiger charge is 2.82. The minimum atomic E-state index is -2.32. The topological polar surface area (TPSA) is 363 Å². The number of carbonyl (C=O) groups is 9. The number of ether oxygens (including phenoxy) is 5. The van der Waals surface area contributed by atoms with Gasteiger partial charge in [-0.2, -0.15) is 0 Å². The second-order valence-electron chi connectivity index (χ2n) is 37.3. The number of anilines is 2. The number of ketones is 5. The summed E-state index contributed by atoms with van der Waals surface area (Å²) in [7, 11) is 0. The maximum atomic E-state index is 17.7. The summed E-state index contributed by atoms with van der Waals surface area (Å²) in [5.41, 5.74) is -1.52. The summed E-state index contributed by atoms with van der Waals surface area (Å²) in [5.74, 6) is -7.73. The smallest absolute Gasteiger partial charge is 0.408 e. The zero-order valence-electron chi connectivity index (χ0n) is 70.4. The van der Waals surface area contributed by atoms with Crippen LogP contribution >= 0.6 is 0 Å². The molecule has 2 aliphatic heterocycles. The third-order valence-corrected chi connectivity index (χ3v) is 28.1. The number of fused-ring (bicyclic) bond motifs is 14. The lowest BCUT2D eigenvalue weighted by Crippen LogP contribution is -2.70. The Balaban J connectivity index is 0.000000183. The number of Topliss-reactive ketones (excluding diaryl/α,β-unsaturated/α-hetero) is 3. The van der Waals surface area contributed by atoms with Gasteiger partial charge in [-0.05, 0) is 199 Å². The van der Waals surface area contributed by atoms with Gasteiger partial charge in [0.2, 0.25) is 11.8 Å². The Kier molecular flexibility index (Phi) is 25.4. The van der Waals surface area contributed by atoms with E-state index in [1.54, 1.807) is 55.4 Å². The minimum Gasteiger partial charge on any atom is -0.480 e. The van der Waals surface area contributed by atoms with Crippen LogP contribution in [0.2, 0.25) is 0 Å². The number of halogens is 4. The van der Waals surface area contributed by atoms with Crippen LogP contribution in [0.4, 0.5) is 33.7 Å². The lowest BCUT2D eigenvalue weighted by molar-refractivity contribution is -0.235. The van der Waals surface area contributed by atoms with Gasteiger partial charge in [-0.25, -0.2) is 22.4 Å². The summed E-state index contributed by atoms with van der Waals surface area (Å²) in [6.07, 6.45) is -2.41. The molecule has 8 aliphatic carbocycles. The Morgan fingerprint density at radius 3 is 1.43 bits per heavy atom. The van der Waals surface area contributed by atoms with E-state index in [-0.39, 0.29) is 85.5 Å². The number of nitrogens with two attached hydrogens (primary N) is 1. The van der Waals surface area contributed by atoms with Gasteiger partial charge in [0.05, 0.1) is 24.4 Å². The van der Waals surface area contributed by atoms with Crippen LogP contribution in [0.25, 0.3) is 0 Å². The van der Waals surface area contributed by atoms with Crippen LogP contribution in [0.15, 0.2) is 145 Å². The Morgan fingerprint density at radius 1 is 0.583 bits per heavy atom. The summed E-state index contributed by atoms with van der Waals surface area (Å²) in [5, 5.41) is 60.3. The van der Waals surface area contributed by atoms with Crippen LogP contribution in [0.1, 0.15) is 188 Å². The summed E-state index contributed by atoms with van der Waals surface area (Å²) in [4.78, 5) is 112. The Bertz CT molecular complexity index is 4780. The number of aliphatic carboxylic acids is 1. The van der Waals surface area contributed by atoms with E-state index in [0.717, 1.165) is 34.4 Å². The summed E-state index contributed by atoms with van der Waals surface area (Å²) >= 11 is 0. The molecule has 8 fully saturated rings. The van der Waals surface area contributed by atoms with E-state index in [1.807, 2.05) is 118 Å². The highest BCUT2D eigenvalue weighted by Crippen LogP contribution is 2.75. The molecule has 24 atom stereocenters. The standard InChI is InChI=1S/C45H53F2NO8.C35H37F2NO6.C13H24N2O5/c1-24(2)26(4)36(51)16-25(3)40(54)48-30-9-7-8-28(18-30)17-27-10-12-29(13-11-27)41-55-39-21-32-33-20-35(46)34-19-31(50)14-15-42(34,5)44(33,47)37(52)22-43(32,6)45(39,56-41)38(53)23-49;1-32-11-10-23(40)14-26(32)27(36)15-25-24-16-30-35(29(42)18-39,33(24,2)17-28(41)34(25,32)37)44-31(43-30)21-8-6-19(7-9-21)12-20-4-3-5-22(38)13-20;1-7(2)9(10(16)14-8(3)11(17)18)15-12(19)20-13(4,5)6/h7-15,18-19,24-26,32-33,35,37,39,41,49,52H,16-17,20-23H2,1-6H3,(H,48,54);3-11,13-14,24-25,27-28,30-31,39,41H,12,15-18,38H2,1-2H3;7-9H,1-6H3,(H,14,16)(H,15,19)(H,17,18)/t25-,26+,32+,33+,35+,37+,39?,41?,42+,43+,44+,45-;24-,25-,27-,28-,30+,31+,32-,33-,34-,35+;8-,9-/m100/s1. The number of aliphatic hydroxyl groups is 4. The number of rotatable bonds is 21. The number of alkyl halides is 4. The molecule has 14 rings (SSSR count). The van der Waals surface area contributed by atoms with Gasteiger partial charge in [0.25, 0.3) is 0 Å². The Labute approximate surface area is 697 Å². The maximum absolute atomic E-state index is 17.7. The van der Waals surface area contributed by atoms with Crippen molar-refractivity contribution in [3.63, 3.8) is 0 Å². The number of carboxylic acids is 1. The SMILES string of the molecule is CC(C)[C@H](C)C(=O)C[C@@H](C)C(=O)Nc1cccc(Cc2ccc(C3OC4C[C@H]5[C@@H]6C[C@H](F)C7=CC(=O)C=C[C@]7(C)[C@@]6(F)[C@@H](O)C[C@]5(C)[C@]4(C(=O)CO)O3)cc2)c1.CC(C)[C@H](NC(=O)OC(C)(C)C)C(=O)N[C@@H](C)C(=O)O.C[C@]12C=CC(=O)C=C1[C@@H](F)C[C@H]1[C@@H]3C[C@H]4O[C@@H](c5ccc(Cc6cccc(N)c6)cc5)O[C@@]4(C(=O)CO)[C@@]3(C)C[C@H](O)[C@@]12F. The van der Waals surface area contributed by atoms with Gasteiger partial charge >= 0.3 is 12.1 Å². The summed E-state index contributed by atoms with van der Waals surface area (Å²) in [6, 6.07) is 28.4. The molecule has 120 heavy (non-hydrogen) atoms. The van der Waals surface area contributed by atoms with Crippen molar-refractivity contribution >= 4 is 64.2 Å². The first-order valence-electron chi connectivity index (χ1n) is 41.5. The third-order valence-electron chi connectivity index (χ3n) is 28.1. The normalized spacial score (nSPS) is 35.1. The largest absolute Gasteiger partial charge is 0.480 e. The van der Waals surface area contributed by atoms with E-state index >= 15 is 17.6 Å². The molecule has 0 aromatic heterocycles. The number of nitrogen functional groups attached to an aromatic ring is 1. The van der Waals surface area contributed by atoms with Crippen LogP contribution in [-0.4, -0.2) is 169 Å². The second kappa shape index (κ2) is 33.7. The Morgan fingerprint density at radius 2 is 1.02 bits per heavy atom. The molecule has 10 aliphatic rings. The first kappa shape index (κ1) is 90.3. The van der Waals surface area contributed by atoms with Gasteiger partial charge in [-0.1, -0.05) is 140 Å². The highest BCUT2D eigenvalue weighted by atomic mass is 19.2. The number of benzene rings is 4. The molecule has 10 N–H and O–H groups in total. The lowest BCUT2D eigenvalue weighted by Gasteiger charge is -2.63. The number of hydrogen-bond donors (Lipinski definition) is 9. The molecule has 0 spiro atoms. The maximum Gasteiger partial charge on any atom is 0.408 e. The van der Waals surface area contributed by atoms with Crippen molar-refractivity contribution in [1.29, 1.82) is 0 Å². The third kappa shape index (κ3) is 15.8. The molecule has 23 nitrogen and oxygen atoms in total. The molecule has 2 heterocycles. The van der Waals surface area contributed by atoms with Gasteiger partial charge < -0.3 is 70.9 Å². The fraction of sp³-hybridized carbons (Fsp3) is 0.559. The van der Waals surface area contributed by atoms with Crippen LogP contribution in [-0.2, 0) is 74.9 Å². The number of amides is 3. The number of carbonyl (C=O) groups excluding carboxylic acids is 8. The van der Waals surface area contributed by atoms with Crippen LogP contribution in [0.5, 0.6) is 0 Å². The number of nitrogens with one attached hydrogen (secondary N) is 3. The number of allylic oxidation sites excluding steroid dienone is 8. The zero-order chi connectivity index (χ0) is 87.9. The summed E-state index contributed by atoms with van der Waals surface area (Å²) < 4.78 is 98.1. The van der Waals surface area contributed by atoms with E-state index in [0.29, 0.717) is 35.3 Å². The zero-order valence-corrected chi connectivity index (χ0v) is 70.4. The molecular weight excluding hydrogens is 1550 g/mol. The van der Waals surface area contributed by atoms with E-state index in [2.05, 4.69) is 16.0 Å². The lowest BCUT2D eigenvalue weighted by atomic mass is 9.44. The van der Waals surface area contributed by atoms with Crippen molar-refractivity contribution in [2.45, 2.75) is 244 Å². The molecule has 6 saturated carbocycles. The van der Waals surface area contributed by atoms with Crippen LogP contribution in [0, 0.1) is 69.0 Å². The predicted octanol–water partition coefficient (Wildman–Crippen LogP) is 12.4. The predicted molar refractivity (Wildman–Crippen MR) is 436 cm³/mol.